The Bertz CT molecular complexity index is 946. The number of rotatable bonds is 5. The van der Waals surface area contributed by atoms with Gasteiger partial charge in [-0.05, 0) is 63.5 Å². The molecule has 1 amide bonds. The molecule has 1 fully saturated rings. The first-order valence-corrected chi connectivity index (χ1v) is 10.6. The smallest absolute Gasteiger partial charge is 0.237 e. The topological polar surface area (TPSA) is 94.7 Å². The van der Waals surface area contributed by atoms with Gasteiger partial charge in [0, 0.05) is 30.5 Å². The summed E-state index contributed by atoms with van der Waals surface area (Å²) in [6.45, 7) is 5.47. The van der Waals surface area contributed by atoms with Crippen LogP contribution in [0.15, 0.2) is 24.4 Å². The standard InChI is InChI=1S/C21H28ClN5O3/c1-20(2,30)18(28)13-27-12-15(23-24-27)11-26-8-6-21(7-9-26)16-10-14(22)4-5-17(16)25(3)19(21)29/h4-5,10,12,18,28,30H,6-9,11,13H2,1-3H3. The van der Waals surface area contributed by atoms with E-state index in [-0.39, 0.29) is 12.5 Å². The number of hydrogen-bond donors (Lipinski definition) is 2. The minimum atomic E-state index is -1.20. The van der Waals surface area contributed by atoms with Gasteiger partial charge >= 0.3 is 0 Å². The van der Waals surface area contributed by atoms with Crippen molar-refractivity contribution in [2.45, 2.75) is 56.9 Å². The molecule has 2 aliphatic rings. The fraction of sp³-hybridized carbons (Fsp3) is 0.571. The highest BCUT2D eigenvalue weighted by molar-refractivity contribution is 6.31. The van der Waals surface area contributed by atoms with E-state index in [1.54, 1.807) is 29.6 Å². The number of carbonyl (C=O) groups excluding carboxylic acids is 1. The predicted molar refractivity (Wildman–Crippen MR) is 113 cm³/mol. The number of benzene rings is 1. The number of likely N-dealkylation sites (tertiary alicyclic amines) is 1. The molecule has 30 heavy (non-hydrogen) atoms. The third-order valence-corrected chi connectivity index (χ3v) is 6.64. The maximum Gasteiger partial charge on any atom is 0.237 e. The molecule has 0 aliphatic carbocycles. The SMILES string of the molecule is CN1C(=O)C2(CCN(Cc3cn(CC(O)C(C)(C)O)nn3)CC2)c2cc(Cl)ccc21. The molecule has 2 aliphatic heterocycles. The zero-order valence-corrected chi connectivity index (χ0v) is 18.3. The van der Waals surface area contributed by atoms with E-state index < -0.39 is 17.1 Å². The minimum absolute atomic E-state index is 0.144. The maximum atomic E-state index is 13.1. The number of piperidine rings is 1. The third kappa shape index (κ3) is 3.73. The number of nitrogens with zero attached hydrogens (tertiary/aromatic N) is 5. The quantitative estimate of drug-likeness (QED) is 0.743. The number of aliphatic hydroxyl groups is 2. The summed E-state index contributed by atoms with van der Waals surface area (Å²) in [6, 6.07) is 5.70. The summed E-state index contributed by atoms with van der Waals surface area (Å²) in [5.41, 5.74) is 1.08. The first-order chi connectivity index (χ1) is 14.1. The van der Waals surface area contributed by atoms with Crippen LogP contribution in [0.2, 0.25) is 5.02 Å². The van der Waals surface area contributed by atoms with Gasteiger partial charge in [0.25, 0.3) is 0 Å². The van der Waals surface area contributed by atoms with Crippen LogP contribution in [0.5, 0.6) is 0 Å². The fourth-order valence-corrected chi connectivity index (χ4v) is 4.61. The summed E-state index contributed by atoms with van der Waals surface area (Å²) < 4.78 is 1.55. The van der Waals surface area contributed by atoms with Crippen LogP contribution in [0, 0.1) is 0 Å². The molecule has 2 N–H and O–H groups in total. The Hall–Kier alpha value is -2.00. The molecule has 8 nitrogen and oxygen atoms in total. The summed E-state index contributed by atoms with van der Waals surface area (Å²) in [7, 11) is 1.83. The van der Waals surface area contributed by atoms with Gasteiger partial charge in [-0.1, -0.05) is 16.8 Å². The fourth-order valence-electron chi connectivity index (χ4n) is 4.44. The molecule has 1 aromatic carbocycles. The summed E-state index contributed by atoms with van der Waals surface area (Å²) in [6.07, 6.45) is 2.33. The van der Waals surface area contributed by atoms with Gasteiger partial charge in [-0.3, -0.25) is 9.69 Å². The van der Waals surface area contributed by atoms with Gasteiger partial charge in [0.05, 0.1) is 23.3 Å². The van der Waals surface area contributed by atoms with Crippen molar-refractivity contribution in [2.75, 3.05) is 25.0 Å². The summed E-state index contributed by atoms with van der Waals surface area (Å²) >= 11 is 6.23. The van der Waals surface area contributed by atoms with Crippen LogP contribution < -0.4 is 4.90 Å². The van der Waals surface area contributed by atoms with Crippen molar-refractivity contribution in [3.8, 4) is 0 Å². The Morgan fingerprint density at radius 1 is 1.30 bits per heavy atom. The lowest BCUT2D eigenvalue weighted by Crippen LogP contribution is -2.47. The number of halogens is 1. The normalized spacial score (nSPS) is 20.1. The highest BCUT2D eigenvalue weighted by Gasteiger charge is 2.51. The van der Waals surface area contributed by atoms with Crippen molar-refractivity contribution in [2.24, 2.45) is 0 Å². The van der Waals surface area contributed by atoms with E-state index in [0.717, 1.165) is 42.9 Å². The highest BCUT2D eigenvalue weighted by atomic mass is 35.5. The molecular weight excluding hydrogens is 406 g/mol. The molecule has 1 spiro atoms. The molecule has 3 heterocycles. The molecular formula is C21H28ClN5O3. The molecule has 1 unspecified atom stereocenters. The first kappa shape index (κ1) is 21.2. The second-order valence-corrected chi connectivity index (χ2v) is 9.42. The Balaban J connectivity index is 1.42. The number of amides is 1. The van der Waals surface area contributed by atoms with E-state index in [1.165, 1.54) is 0 Å². The molecule has 162 valence electrons. The number of fused-ring (bicyclic) bond motifs is 2. The van der Waals surface area contributed by atoms with Gasteiger partial charge in [0.15, 0.2) is 0 Å². The zero-order chi connectivity index (χ0) is 21.7. The van der Waals surface area contributed by atoms with Crippen molar-refractivity contribution in [3.63, 3.8) is 0 Å². The van der Waals surface area contributed by atoms with Crippen molar-refractivity contribution in [1.29, 1.82) is 0 Å². The molecule has 9 heteroatoms. The molecule has 1 saturated heterocycles. The van der Waals surface area contributed by atoms with E-state index in [9.17, 15) is 15.0 Å². The van der Waals surface area contributed by atoms with Crippen LogP contribution >= 0.6 is 11.6 Å². The Kier molecular flexibility index (Phi) is 5.38. The molecule has 0 radical (unpaired) electrons. The van der Waals surface area contributed by atoms with Crippen LogP contribution in [-0.2, 0) is 23.3 Å². The number of aromatic nitrogens is 3. The van der Waals surface area contributed by atoms with E-state index in [4.69, 9.17) is 11.6 Å². The molecule has 1 atom stereocenters. The largest absolute Gasteiger partial charge is 0.388 e. The zero-order valence-electron chi connectivity index (χ0n) is 17.5. The first-order valence-electron chi connectivity index (χ1n) is 10.2. The highest BCUT2D eigenvalue weighted by Crippen LogP contribution is 2.48. The van der Waals surface area contributed by atoms with Gasteiger partial charge in [0.2, 0.25) is 5.91 Å². The molecule has 4 rings (SSSR count). The number of aliphatic hydroxyl groups excluding tert-OH is 1. The van der Waals surface area contributed by atoms with Crippen molar-refractivity contribution >= 4 is 23.2 Å². The van der Waals surface area contributed by atoms with Crippen LogP contribution in [0.4, 0.5) is 5.69 Å². The summed E-state index contributed by atoms with van der Waals surface area (Å²) in [5.74, 6) is 0.144. The van der Waals surface area contributed by atoms with Crippen molar-refractivity contribution in [1.82, 2.24) is 19.9 Å². The number of likely N-dealkylation sites (N-methyl/N-ethyl adjacent to an activating group) is 1. The van der Waals surface area contributed by atoms with Crippen LogP contribution in [0.25, 0.3) is 0 Å². The van der Waals surface area contributed by atoms with Crippen LogP contribution in [0.1, 0.15) is 37.9 Å². The Labute approximate surface area is 181 Å². The monoisotopic (exact) mass is 433 g/mol. The second-order valence-electron chi connectivity index (χ2n) is 8.99. The third-order valence-electron chi connectivity index (χ3n) is 6.41. The molecule has 0 bridgehead atoms. The van der Waals surface area contributed by atoms with Gasteiger partial charge in [-0.25, -0.2) is 4.68 Å². The summed E-state index contributed by atoms with van der Waals surface area (Å²) in [5, 5.41) is 28.8. The van der Waals surface area contributed by atoms with E-state index in [1.807, 2.05) is 25.2 Å². The predicted octanol–water partition coefficient (Wildman–Crippen LogP) is 1.57. The average molecular weight is 434 g/mol. The van der Waals surface area contributed by atoms with Gasteiger partial charge in [0.1, 0.15) is 6.10 Å². The second kappa shape index (κ2) is 7.60. The lowest BCUT2D eigenvalue weighted by Gasteiger charge is -2.38. The number of anilines is 1. The molecule has 1 aromatic heterocycles. The van der Waals surface area contributed by atoms with Crippen LogP contribution in [0.3, 0.4) is 0 Å². The van der Waals surface area contributed by atoms with Crippen molar-refractivity contribution < 1.29 is 15.0 Å². The van der Waals surface area contributed by atoms with Gasteiger partial charge in [-0.15, -0.1) is 5.10 Å². The van der Waals surface area contributed by atoms with Crippen molar-refractivity contribution in [3.05, 3.63) is 40.7 Å². The maximum absolute atomic E-state index is 13.1. The number of hydrogen-bond acceptors (Lipinski definition) is 6. The van der Waals surface area contributed by atoms with E-state index in [0.29, 0.717) is 11.6 Å². The lowest BCUT2D eigenvalue weighted by atomic mass is 9.73. The summed E-state index contributed by atoms with van der Waals surface area (Å²) in [4.78, 5) is 17.1. The molecule has 0 saturated carbocycles. The number of carbonyl (C=O) groups is 1. The minimum Gasteiger partial charge on any atom is -0.388 e. The molecule has 2 aromatic rings. The van der Waals surface area contributed by atoms with E-state index >= 15 is 0 Å². The Morgan fingerprint density at radius 2 is 2.00 bits per heavy atom. The lowest BCUT2D eigenvalue weighted by molar-refractivity contribution is -0.124. The average Bonchev–Trinajstić information content (AvgIpc) is 3.20. The van der Waals surface area contributed by atoms with E-state index in [2.05, 4.69) is 15.2 Å². The Morgan fingerprint density at radius 3 is 2.67 bits per heavy atom. The van der Waals surface area contributed by atoms with Crippen LogP contribution in [-0.4, -0.2) is 67.9 Å². The van der Waals surface area contributed by atoms with Gasteiger partial charge in [-0.2, -0.15) is 0 Å². The van der Waals surface area contributed by atoms with Gasteiger partial charge < -0.3 is 15.1 Å².